The first-order chi connectivity index (χ1) is 6.27. The molecule has 0 fully saturated rings. The predicted molar refractivity (Wildman–Crippen MR) is 50.0 cm³/mol. The van der Waals surface area contributed by atoms with Crippen molar-refractivity contribution in [3.63, 3.8) is 0 Å². The molecule has 6 heteroatoms. The van der Waals surface area contributed by atoms with E-state index in [4.69, 9.17) is 19.8 Å². The molecule has 0 N–H and O–H groups in total. The summed E-state index contributed by atoms with van der Waals surface area (Å²) in [6.07, 6.45) is 0. The molecule has 0 rings (SSSR count). The molecule has 0 spiro atoms. The number of nitrogens with zero attached hydrogens (tertiary/aromatic N) is 1. The normalized spacial score (nSPS) is 7.93. The number of carboxylic acid groups (broad SMARTS) is 2. The average molecular weight is 217 g/mol. The molecule has 0 aromatic rings. The molecule has 0 bridgehead atoms. The number of carboxylic acids is 2. The van der Waals surface area contributed by atoms with Crippen LogP contribution in [-0.4, -0.2) is 45.4 Å². The van der Waals surface area contributed by atoms with E-state index < -0.39 is 11.9 Å². The summed E-state index contributed by atoms with van der Waals surface area (Å²) in [6.45, 7) is 8.47. The fourth-order valence-electron chi connectivity index (χ4n) is 0.224. The summed E-state index contributed by atoms with van der Waals surface area (Å²) in [5.41, 5.74) is 0. The van der Waals surface area contributed by atoms with Gasteiger partial charge >= 0.3 is 47.3 Å². The van der Waals surface area contributed by atoms with Crippen LogP contribution < -0.4 is 10.2 Å². The van der Waals surface area contributed by atoms with Crippen LogP contribution in [0.1, 0.15) is 27.7 Å². The second kappa shape index (κ2) is 14.9. The van der Waals surface area contributed by atoms with Crippen molar-refractivity contribution in [1.29, 1.82) is 0 Å². The number of carbonyl (C=O) groups is 2. The van der Waals surface area contributed by atoms with E-state index in [1.807, 2.05) is 0 Å². The first kappa shape index (κ1) is 19.1. The Morgan fingerprint density at radius 2 is 1.21 bits per heavy atom. The summed E-state index contributed by atoms with van der Waals surface area (Å²) in [5, 5.41) is 17.8. The molecule has 0 aromatic heterocycles. The molecular weight excluding hydrogens is 201 g/mol. The fourth-order valence-corrected chi connectivity index (χ4v) is 0.224. The Bertz CT molecular complexity index is 128. The first-order valence-corrected chi connectivity index (χ1v) is 4.64. The summed E-state index contributed by atoms with van der Waals surface area (Å²) in [6, 6.07) is 0. The molecule has 14 heavy (non-hydrogen) atoms. The standard InChI is InChI=1S/C4H10N.2C2H4O2.Al/c1-3-5-4-2;2*1-2(3)4;/h3-4H2,1-2H3;2*1H3,(H,3,4);/q-1;;;+3/p-2. The molecule has 0 heterocycles. The average Bonchev–Trinajstić information content (AvgIpc) is 2.01. The Hall–Kier alpha value is -0.568. The quantitative estimate of drug-likeness (QED) is 0.496. The van der Waals surface area contributed by atoms with Gasteiger partial charge in [0.1, 0.15) is 0 Å². The third-order valence-electron chi connectivity index (χ3n) is 0.812. The monoisotopic (exact) mass is 217 g/mol. The van der Waals surface area contributed by atoms with Crippen molar-refractivity contribution in [3.05, 3.63) is 0 Å². The number of hydrogen-bond donors (Lipinski definition) is 0. The SMILES string of the molecule is CC(=O)[O-].CC(=O)[O-].CC[N]([Al+2])CC. The Morgan fingerprint density at radius 3 is 1.21 bits per heavy atom. The molecule has 0 atom stereocenters. The molecule has 0 saturated heterocycles. The van der Waals surface area contributed by atoms with Crippen molar-refractivity contribution >= 4 is 28.4 Å². The predicted octanol–water partition coefficient (Wildman–Crippen LogP) is -2.08. The van der Waals surface area contributed by atoms with E-state index in [-0.39, 0.29) is 0 Å². The summed E-state index contributed by atoms with van der Waals surface area (Å²) >= 11 is 2.64. The van der Waals surface area contributed by atoms with Crippen LogP contribution in [0.2, 0.25) is 0 Å². The van der Waals surface area contributed by atoms with Crippen molar-refractivity contribution in [1.82, 2.24) is 3.88 Å². The maximum absolute atomic E-state index is 8.89. The van der Waals surface area contributed by atoms with Crippen LogP contribution in [0, 0.1) is 0 Å². The zero-order valence-corrected chi connectivity index (χ0v) is 10.2. The number of aliphatic carboxylic acids is 2. The van der Waals surface area contributed by atoms with E-state index in [1.54, 1.807) is 0 Å². The van der Waals surface area contributed by atoms with Crippen LogP contribution in [0.4, 0.5) is 0 Å². The van der Waals surface area contributed by atoms with Gasteiger partial charge in [-0.15, -0.1) is 0 Å². The van der Waals surface area contributed by atoms with Gasteiger partial charge in [0.15, 0.2) is 0 Å². The van der Waals surface area contributed by atoms with Crippen LogP contribution in [0.5, 0.6) is 0 Å². The molecule has 0 amide bonds. The van der Waals surface area contributed by atoms with Gasteiger partial charge in [-0.25, -0.2) is 0 Å². The summed E-state index contributed by atoms with van der Waals surface area (Å²) < 4.78 is 2.17. The number of carbonyl (C=O) groups excluding carboxylic acids is 2. The van der Waals surface area contributed by atoms with Gasteiger partial charge in [-0.1, -0.05) is 0 Å². The summed E-state index contributed by atoms with van der Waals surface area (Å²) in [5.74, 6) is -2.17. The number of hydrogen-bond acceptors (Lipinski definition) is 5. The second-order valence-electron chi connectivity index (χ2n) is 2.20. The van der Waals surface area contributed by atoms with Gasteiger partial charge in [-0.3, -0.25) is 0 Å². The Morgan fingerprint density at radius 1 is 1.07 bits per heavy atom. The first-order valence-electron chi connectivity index (χ1n) is 4.12. The zero-order chi connectivity index (χ0) is 12.1. The Kier molecular flexibility index (Phi) is 20.3. The van der Waals surface area contributed by atoms with E-state index >= 15 is 0 Å². The number of rotatable bonds is 2. The van der Waals surface area contributed by atoms with E-state index in [0.717, 1.165) is 26.9 Å². The van der Waals surface area contributed by atoms with Crippen LogP contribution in [0.25, 0.3) is 0 Å². The molecule has 0 aliphatic rings. The van der Waals surface area contributed by atoms with Gasteiger partial charge in [0.05, 0.1) is 0 Å². The molecule has 80 valence electrons. The van der Waals surface area contributed by atoms with Crippen LogP contribution >= 0.6 is 0 Å². The Balaban J connectivity index is -0.000000135. The molecule has 0 aliphatic carbocycles. The molecule has 0 saturated carbocycles. The van der Waals surface area contributed by atoms with Crippen molar-refractivity contribution in [2.24, 2.45) is 0 Å². The second-order valence-corrected chi connectivity index (χ2v) is 2.93. The Labute approximate surface area is 93.4 Å². The van der Waals surface area contributed by atoms with Crippen molar-refractivity contribution < 1.29 is 19.8 Å². The summed E-state index contributed by atoms with van der Waals surface area (Å²) in [7, 11) is 0. The van der Waals surface area contributed by atoms with Crippen LogP contribution in [0.15, 0.2) is 0 Å². The minimum atomic E-state index is -1.08. The zero-order valence-electron chi connectivity index (χ0n) is 9.07. The molecular formula is C8H16AlNO4. The van der Waals surface area contributed by atoms with E-state index in [1.165, 1.54) is 0 Å². The van der Waals surface area contributed by atoms with Gasteiger partial charge in [-0.05, 0) is 13.8 Å². The molecule has 0 aliphatic heterocycles. The fraction of sp³-hybridized carbons (Fsp3) is 0.750. The van der Waals surface area contributed by atoms with E-state index in [9.17, 15) is 0 Å². The van der Waals surface area contributed by atoms with Crippen molar-refractivity contribution in [2.75, 3.05) is 13.1 Å². The van der Waals surface area contributed by atoms with Crippen molar-refractivity contribution in [3.8, 4) is 0 Å². The third kappa shape index (κ3) is 106. The molecule has 0 radical (unpaired) electrons. The summed E-state index contributed by atoms with van der Waals surface area (Å²) in [4.78, 5) is 17.8. The van der Waals surface area contributed by atoms with Crippen LogP contribution in [-0.2, 0) is 9.59 Å². The molecule has 0 aromatic carbocycles. The molecule has 5 nitrogen and oxygen atoms in total. The van der Waals surface area contributed by atoms with E-state index in [2.05, 4.69) is 34.2 Å². The molecule has 0 unspecified atom stereocenters. The van der Waals surface area contributed by atoms with Crippen LogP contribution in [0.3, 0.4) is 0 Å². The maximum atomic E-state index is 8.89. The minimum absolute atomic E-state index is 0.972. The topological polar surface area (TPSA) is 83.5 Å². The van der Waals surface area contributed by atoms with Crippen molar-refractivity contribution in [2.45, 2.75) is 27.7 Å². The van der Waals surface area contributed by atoms with E-state index in [0.29, 0.717) is 0 Å². The van der Waals surface area contributed by atoms with Gasteiger partial charge < -0.3 is 19.8 Å². The van der Waals surface area contributed by atoms with Gasteiger partial charge in [0.25, 0.3) is 0 Å². The van der Waals surface area contributed by atoms with Gasteiger partial charge in [0.2, 0.25) is 0 Å². The third-order valence-corrected chi connectivity index (χ3v) is 1.54. The van der Waals surface area contributed by atoms with Gasteiger partial charge in [-0.2, -0.15) is 0 Å². The van der Waals surface area contributed by atoms with Gasteiger partial charge in [0, 0.05) is 11.9 Å².